The summed E-state index contributed by atoms with van der Waals surface area (Å²) < 4.78 is 5.52. The van der Waals surface area contributed by atoms with Gasteiger partial charge in [0.05, 0.1) is 17.4 Å². The smallest absolute Gasteiger partial charge is 0.410 e. The third-order valence-electron chi connectivity index (χ3n) is 5.73. The number of aromatic nitrogens is 1. The van der Waals surface area contributed by atoms with Gasteiger partial charge in [-0.2, -0.15) is 0 Å². The minimum absolute atomic E-state index is 0.0959. The molecule has 4 rings (SSSR count). The molecule has 0 spiro atoms. The van der Waals surface area contributed by atoms with Crippen LogP contribution in [0.15, 0.2) is 36.0 Å². The van der Waals surface area contributed by atoms with Gasteiger partial charge in [-0.05, 0) is 44.7 Å². The highest BCUT2D eigenvalue weighted by Crippen LogP contribution is 2.34. The molecular formula is C23H30N4O3S. The van der Waals surface area contributed by atoms with Gasteiger partial charge in [-0.1, -0.05) is 6.07 Å². The highest BCUT2D eigenvalue weighted by atomic mass is 32.1. The summed E-state index contributed by atoms with van der Waals surface area (Å²) in [6, 6.07) is 6.01. The van der Waals surface area contributed by atoms with Gasteiger partial charge >= 0.3 is 6.09 Å². The van der Waals surface area contributed by atoms with Crippen LogP contribution in [-0.2, 0) is 11.2 Å². The van der Waals surface area contributed by atoms with Crippen LogP contribution in [-0.4, -0.2) is 60.2 Å². The Morgan fingerprint density at radius 2 is 1.94 bits per heavy atom. The molecule has 166 valence electrons. The zero-order valence-electron chi connectivity index (χ0n) is 18.3. The van der Waals surface area contributed by atoms with E-state index in [-0.39, 0.29) is 12.0 Å². The molecule has 1 N–H and O–H groups in total. The van der Waals surface area contributed by atoms with E-state index in [2.05, 4.69) is 21.3 Å². The van der Waals surface area contributed by atoms with E-state index < -0.39 is 5.60 Å². The maximum atomic E-state index is 12.5. The van der Waals surface area contributed by atoms with Crippen LogP contribution in [0.4, 0.5) is 10.5 Å². The first-order valence-corrected chi connectivity index (χ1v) is 11.6. The van der Waals surface area contributed by atoms with E-state index in [1.54, 1.807) is 17.5 Å². The third-order valence-corrected chi connectivity index (χ3v) is 6.66. The quantitative estimate of drug-likeness (QED) is 0.768. The molecule has 2 aliphatic heterocycles. The van der Waals surface area contributed by atoms with Gasteiger partial charge in [0, 0.05) is 55.6 Å². The van der Waals surface area contributed by atoms with E-state index in [1.165, 1.54) is 4.88 Å². The molecule has 2 saturated heterocycles. The summed E-state index contributed by atoms with van der Waals surface area (Å²) in [6.45, 7) is 9.42. The molecule has 2 atom stereocenters. The fraction of sp³-hybridized carbons (Fsp3) is 0.522. The number of carbonyl (C=O) groups is 2. The predicted octanol–water partition coefficient (Wildman–Crippen LogP) is 3.42. The maximum absolute atomic E-state index is 12.5. The molecule has 4 heterocycles. The van der Waals surface area contributed by atoms with Gasteiger partial charge in [-0.15, -0.1) is 11.3 Å². The van der Waals surface area contributed by atoms with Crippen molar-refractivity contribution >= 4 is 29.0 Å². The number of pyridine rings is 1. The van der Waals surface area contributed by atoms with Crippen LogP contribution >= 0.6 is 11.3 Å². The number of amides is 2. The number of hydrogen-bond donors (Lipinski definition) is 1. The van der Waals surface area contributed by atoms with E-state index in [0.717, 1.165) is 25.2 Å². The average molecular weight is 443 g/mol. The summed E-state index contributed by atoms with van der Waals surface area (Å²) in [5.41, 5.74) is 1.07. The number of anilines is 1. The van der Waals surface area contributed by atoms with Crippen molar-refractivity contribution in [1.82, 2.24) is 15.2 Å². The lowest BCUT2D eigenvalue weighted by Crippen LogP contribution is -2.37. The van der Waals surface area contributed by atoms with E-state index in [0.29, 0.717) is 37.0 Å². The van der Waals surface area contributed by atoms with Gasteiger partial charge in [0.1, 0.15) is 5.60 Å². The fourth-order valence-corrected chi connectivity index (χ4v) is 4.97. The van der Waals surface area contributed by atoms with Gasteiger partial charge in [-0.3, -0.25) is 9.78 Å². The van der Waals surface area contributed by atoms with Crippen LogP contribution in [0.5, 0.6) is 0 Å². The van der Waals surface area contributed by atoms with Crippen molar-refractivity contribution in [2.24, 2.45) is 11.8 Å². The Labute approximate surface area is 187 Å². The van der Waals surface area contributed by atoms with Crippen LogP contribution < -0.4 is 10.2 Å². The summed E-state index contributed by atoms with van der Waals surface area (Å²) in [5.74, 6) is 0.730. The Morgan fingerprint density at radius 3 is 2.58 bits per heavy atom. The zero-order valence-corrected chi connectivity index (χ0v) is 19.2. The number of carbonyl (C=O) groups excluding carboxylic acids is 2. The molecule has 8 heteroatoms. The van der Waals surface area contributed by atoms with Gasteiger partial charge < -0.3 is 19.9 Å². The molecule has 0 aliphatic carbocycles. The number of ether oxygens (including phenoxy) is 1. The number of fused-ring (bicyclic) bond motifs is 1. The fourth-order valence-electron chi connectivity index (χ4n) is 4.26. The summed E-state index contributed by atoms with van der Waals surface area (Å²) in [4.78, 5) is 34.6. The molecule has 2 unspecified atom stereocenters. The Balaban J connectivity index is 1.30. The first kappa shape index (κ1) is 21.6. The number of nitrogens with one attached hydrogen (secondary N) is 1. The molecule has 31 heavy (non-hydrogen) atoms. The summed E-state index contributed by atoms with van der Waals surface area (Å²) in [6.07, 6.45) is 4.04. The number of rotatable bonds is 5. The van der Waals surface area contributed by atoms with E-state index in [9.17, 15) is 9.59 Å². The number of nitrogens with zero attached hydrogens (tertiary/aromatic N) is 3. The van der Waals surface area contributed by atoms with Crippen LogP contribution in [0, 0.1) is 11.8 Å². The van der Waals surface area contributed by atoms with Crippen molar-refractivity contribution in [3.05, 3.63) is 46.4 Å². The molecule has 2 amide bonds. The van der Waals surface area contributed by atoms with E-state index >= 15 is 0 Å². The molecule has 2 fully saturated rings. The van der Waals surface area contributed by atoms with Crippen molar-refractivity contribution in [2.45, 2.75) is 32.8 Å². The molecule has 0 aromatic carbocycles. The highest BCUT2D eigenvalue weighted by Gasteiger charge is 2.42. The standard InChI is InChI=1S/C23H30N4O3S/c1-23(2,3)30-22(29)27-14-17-12-26(13-18(17)15-27)19-9-16(10-24-11-19)21(28)25-7-6-20-5-4-8-31-20/h4-5,8-11,17-18H,6-7,12-15H2,1-3H3,(H,25,28). The minimum Gasteiger partial charge on any atom is -0.444 e. The summed E-state index contributed by atoms with van der Waals surface area (Å²) >= 11 is 1.70. The van der Waals surface area contributed by atoms with Crippen molar-refractivity contribution in [2.75, 3.05) is 37.6 Å². The molecular weight excluding hydrogens is 412 g/mol. The topological polar surface area (TPSA) is 74.8 Å². The van der Waals surface area contributed by atoms with Crippen molar-refractivity contribution in [3.63, 3.8) is 0 Å². The molecule has 2 aromatic heterocycles. The van der Waals surface area contributed by atoms with E-state index in [1.807, 2.05) is 49.4 Å². The van der Waals surface area contributed by atoms with Gasteiger partial charge in [0.25, 0.3) is 5.91 Å². The van der Waals surface area contributed by atoms with Crippen molar-refractivity contribution in [1.29, 1.82) is 0 Å². The molecule has 0 saturated carbocycles. The summed E-state index contributed by atoms with van der Waals surface area (Å²) in [5, 5.41) is 5.03. The molecule has 2 aliphatic rings. The molecule has 7 nitrogen and oxygen atoms in total. The predicted molar refractivity (Wildman–Crippen MR) is 122 cm³/mol. The third kappa shape index (κ3) is 5.36. The number of thiophene rings is 1. The van der Waals surface area contributed by atoms with Crippen LogP contribution in [0.2, 0.25) is 0 Å². The van der Waals surface area contributed by atoms with Gasteiger partial charge in [0.2, 0.25) is 0 Å². The largest absolute Gasteiger partial charge is 0.444 e. The second kappa shape index (κ2) is 8.86. The zero-order chi connectivity index (χ0) is 22.0. The molecule has 0 radical (unpaired) electrons. The second-order valence-electron chi connectivity index (χ2n) is 9.33. The monoisotopic (exact) mass is 442 g/mol. The first-order chi connectivity index (χ1) is 14.8. The highest BCUT2D eigenvalue weighted by molar-refractivity contribution is 7.09. The summed E-state index contributed by atoms with van der Waals surface area (Å²) in [7, 11) is 0. The van der Waals surface area contributed by atoms with E-state index in [4.69, 9.17) is 4.74 Å². The lowest BCUT2D eigenvalue weighted by atomic mass is 10.0. The first-order valence-electron chi connectivity index (χ1n) is 10.8. The van der Waals surface area contributed by atoms with Crippen molar-refractivity contribution < 1.29 is 14.3 Å². The normalized spacial score (nSPS) is 20.6. The average Bonchev–Trinajstić information content (AvgIpc) is 3.43. The molecule has 2 aromatic rings. The second-order valence-corrected chi connectivity index (χ2v) is 10.4. The van der Waals surface area contributed by atoms with Crippen LogP contribution in [0.25, 0.3) is 0 Å². The Morgan fingerprint density at radius 1 is 1.19 bits per heavy atom. The lowest BCUT2D eigenvalue weighted by molar-refractivity contribution is 0.0282. The van der Waals surface area contributed by atoms with Crippen LogP contribution in [0.1, 0.15) is 36.0 Å². The molecule has 0 bridgehead atoms. The van der Waals surface area contributed by atoms with Crippen molar-refractivity contribution in [3.8, 4) is 0 Å². The number of likely N-dealkylation sites (tertiary alicyclic amines) is 1. The van der Waals surface area contributed by atoms with Gasteiger partial charge in [-0.25, -0.2) is 4.79 Å². The Kier molecular flexibility index (Phi) is 6.18. The van der Waals surface area contributed by atoms with Crippen LogP contribution in [0.3, 0.4) is 0 Å². The Hall–Kier alpha value is -2.61. The SMILES string of the molecule is CC(C)(C)OC(=O)N1CC2CN(c3cncc(C(=O)NCCc4cccs4)c3)CC2C1. The van der Waals surface area contributed by atoms with Gasteiger partial charge in [0.15, 0.2) is 0 Å². The number of hydrogen-bond acceptors (Lipinski definition) is 6. The maximum Gasteiger partial charge on any atom is 0.410 e. The Bertz CT molecular complexity index is 911. The lowest BCUT2D eigenvalue weighted by Gasteiger charge is -2.26. The minimum atomic E-state index is -0.475.